The van der Waals surface area contributed by atoms with Gasteiger partial charge in [-0.25, -0.2) is 4.79 Å². The summed E-state index contributed by atoms with van der Waals surface area (Å²) >= 11 is 1.27. The Bertz CT molecular complexity index is 761. The number of aliphatic hydroxyl groups is 1. The topological polar surface area (TPSA) is 137 Å². The van der Waals surface area contributed by atoms with Crippen molar-refractivity contribution in [2.45, 2.75) is 57.1 Å². The molecule has 1 fully saturated rings. The van der Waals surface area contributed by atoms with E-state index in [1.807, 2.05) is 13.8 Å². The van der Waals surface area contributed by atoms with Crippen molar-refractivity contribution in [3.63, 3.8) is 0 Å². The van der Waals surface area contributed by atoms with Crippen LogP contribution in [0, 0.1) is 5.92 Å². The summed E-state index contributed by atoms with van der Waals surface area (Å²) in [5.74, 6) is -1.88. The predicted octanol–water partition coefficient (Wildman–Crippen LogP) is -0.00620. The Hall–Kier alpha value is -2.07. The van der Waals surface area contributed by atoms with Gasteiger partial charge in [0.15, 0.2) is 0 Å². The van der Waals surface area contributed by atoms with E-state index in [-0.39, 0.29) is 28.8 Å². The Morgan fingerprint density at radius 1 is 1.39 bits per heavy atom. The van der Waals surface area contributed by atoms with Gasteiger partial charge in [0.25, 0.3) is 0 Å². The smallest absolute Gasteiger partial charge is 0.353 e. The Morgan fingerprint density at radius 3 is 2.57 bits per heavy atom. The van der Waals surface area contributed by atoms with E-state index in [9.17, 15) is 24.6 Å². The molecule has 5 atom stereocenters. The quantitative estimate of drug-likeness (QED) is 0.502. The number of hydrogen-bond donors (Lipinski definition) is 3. The molecule has 3 aliphatic heterocycles. The number of aliphatic imine (C=N–C) groups is 1. The van der Waals surface area contributed by atoms with E-state index in [2.05, 4.69) is 4.99 Å². The molecule has 0 saturated carbocycles. The monoisotopic (exact) mass is 410 g/mol. The molecule has 3 aliphatic rings. The molecular weight excluding hydrogens is 384 g/mol. The number of carbonyl (C=O) groups is 3. The second-order valence-corrected chi connectivity index (χ2v) is 8.54. The van der Waals surface area contributed by atoms with Crippen molar-refractivity contribution in [1.82, 2.24) is 9.80 Å². The number of nitrogens with zero attached hydrogens (tertiary/aromatic N) is 3. The lowest BCUT2D eigenvalue weighted by molar-refractivity contribution is -0.161. The fourth-order valence-corrected chi connectivity index (χ4v) is 5.53. The van der Waals surface area contributed by atoms with Crippen LogP contribution in [0.4, 0.5) is 0 Å². The third kappa shape index (κ3) is 3.28. The normalized spacial score (nSPS) is 30.1. The Morgan fingerprint density at radius 2 is 2.04 bits per heavy atom. The Labute approximate surface area is 167 Å². The van der Waals surface area contributed by atoms with Crippen molar-refractivity contribution >= 4 is 35.4 Å². The number of carbonyl (C=O) groups excluding carboxylic acids is 2. The van der Waals surface area contributed by atoms with Crippen LogP contribution in [0.5, 0.6) is 0 Å². The molecule has 10 heteroatoms. The summed E-state index contributed by atoms with van der Waals surface area (Å²) < 4.78 is 0. The molecule has 0 aliphatic carbocycles. The van der Waals surface area contributed by atoms with Crippen molar-refractivity contribution in [3.05, 3.63) is 10.6 Å². The van der Waals surface area contributed by atoms with E-state index < -0.39 is 24.0 Å². The van der Waals surface area contributed by atoms with Crippen molar-refractivity contribution in [2.24, 2.45) is 16.6 Å². The number of fused-ring (bicyclic) bond motifs is 1. The van der Waals surface area contributed by atoms with Crippen LogP contribution in [0.1, 0.15) is 33.6 Å². The number of likely N-dealkylation sites (N-methyl/N-ethyl adjacent to an activating group) is 1. The van der Waals surface area contributed by atoms with E-state index in [1.54, 1.807) is 4.90 Å². The van der Waals surface area contributed by atoms with Crippen LogP contribution < -0.4 is 5.73 Å². The molecule has 0 spiro atoms. The summed E-state index contributed by atoms with van der Waals surface area (Å²) in [6.45, 7) is 6.52. The molecule has 0 bridgehead atoms. The number of aliphatic hydroxyl groups excluding tert-OH is 1. The largest absolute Gasteiger partial charge is 0.477 e. The minimum atomic E-state index is -1.17. The maximum absolute atomic E-state index is 12.6. The van der Waals surface area contributed by atoms with Crippen molar-refractivity contribution in [2.75, 3.05) is 13.1 Å². The average molecular weight is 410 g/mol. The fourth-order valence-electron chi connectivity index (χ4n) is 4.16. The number of nitrogens with two attached hydrogens (primary N) is 1. The number of β-lactam (4-membered cyclic amide) rings is 1. The van der Waals surface area contributed by atoms with E-state index in [1.165, 1.54) is 23.6 Å². The molecule has 3 rings (SSSR count). The third-order valence-corrected chi connectivity index (χ3v) is 6.97. The molecule has 0 aromatic rings. The number of amidine groups is 1. The van der Waals surface area contributed by atoms with E-state index in [4.69, 9.17) is 5.73 Å². The van der Waals surface area contributed by atoms with Crippen LogP contribution in [-0.2, 0) is 14.4 Å². The molecular formula is C18H26N4O5S. The van der Waals surface area contributed by atoms with Crippen molar-refractivity contribution in [3.8, 4) is 0 Å². The molecule has 0 radical (unpaired) electrons. The zero-order valence-corrected chi connectivity index (χ0v) is 17.0. The standard InChI is InChI=1S/C18H26N4O5S/c1-4-21(5-2)16(24)9-6-12(15(19)20-9)28-11-7-10-13(8(3)23)17(25)22(10)14(11)18(26)27/h8-10,12-13,23H,4-7H2,1-3H3,(H2,19,20)(H,26,27)/t8-,9+,10-,12?,13-/m1/s1. The summed E-state index contributed by atoms with van der Waals surface area (Å²) in [7, 11) is 0. The second-order valence-electron chi connectivity index (χ2n) is 7.25. The van der Waals surface area contributed by atoms with E-state index in [0.717, 1.165) is 0 Å². The van der Waals surface area contributed by atoms with Crippen LogP contribution in [0.2, 0.25) is 0 Å². The van der Waals surface area contributed by atoms with Gasteiger partial charge in [-0.1, -0.05) is 0 Å². The Kier molecular flexibility index (Phi) is 5.72. The number of thioether (sulfide) groups is 1. The van der Waals surface area contributed by atoms with E-state index in [0.29, 0.717) is 36.7 Å². The highest BCUT2D eigenvalue weighted by Gasteiger charge is 2.57. The number of carboxylic acids is 1. The molecule has 3 heterocycles. The maximum Gasteiger partial charge on any atom is 0.353 e. The molecule has 1 unspecified atom stereocenters. The number of amides is 2. The summed E-state index contributed by atoms with van der Waals surface area (Å²) in [6.07, 6.45) is -0.0606. The number of carboxylic acid groups (broad SMARTS) is 1. The van der Waals surface area contributed by atoms with Gasteiger partial charge in [-0.3, -0.25) is 14.6 Å². The molecule has 1 saturated heterocycles. The predicted molar refractivity (Wildman–Crippen MR) is 104 cm³/mol. The van der Waals surface area contributed by atoms with Crippen LogP contribution in [0.25, 0.3) is 0 Å². The van der Waals surface area contributed by atoms with Gasteiger partial charge in [0.1, 0.15) is 17.6 Å². The number of rotatable bonds is 7. The zero-order valence-electron chi connectivity index (χ0n) is 16.2. The first-order chi connectivity index (χ1) is 13.2. The number of hydrogen-bond acceptors (Lipinski definition) is 7. The van der Waals surface area contributed by atoms with E-state index >= 15 is 0 Å². The van der Waals surface area contributed by atoms with Gasteiger partial charge in [0.2, 0.25) is 11.8 Å². The highest BCUT2D eigenvalue weighted by molar-refractivity contribution is 8.04. The Balaban J connectivity index is 1.75. The molecule has 0 aromatic carbocycles. The van der Waals surface area contributed by atoms with Crippen LogP contribution in [-0.4, -0.2) is 80.2 Å². The van der Waals surface area contributed by atoms with Crippen molar-refractivity contribution < 1.29 is 24.6 Å². The molecule has 0 aromatic heterocycles. The van der Waals surface area contributed by atoms with Crippen LogP contribution in [0.3, 0.4) is 0 Å². The van der Waals surface area contributed by atoms with Crippen molar-refractivity contribution in [1.29, 1.82) is 0 Å². The number of aliphatic carboxylic acids is 1. The van der Waals surface area contributed by atoms with Gasteiger partial charge >= 0.3 is 5.97 Å². The second kappa shape index (κ2) is 7.75. The lowest BCUT2D eigenvalue weighted by Crippen LogP contribution is -2.61. The fraction of sp³-hybridized carbons (Fsp3) is 0.667. The van der Waals surface area contributed by atoms with Gasteiger partial charge in [-0.15, -0.1) is 11.8 Å². The van der Waals surface area contributed by atoms with Crippen LogP contribution in [0.15, 0.2) is 15.6 Å². The summed E-state index contributed by atoms with van der Waals surface area (Å²) in [4.78, 5) is 44.4. The maximum atomic E-state index is 12.6. The molecule has 4 N–H and O–H groups in total. The first-order valence-corrected chi connectivity index (χ1v) is 10.3. The minimum Gasteiger partial charge on any atom is -0.477 e. The lowest BCUT2D eigenvalue weighted by atomic mass is 9.83. The highest BCUT2D eigenvalue weighted by Crippen LogP contribution is 2.48. The molecule has 9 nitrogen and oxygen atoms in total. The van der Waals surface area contributed by atoms with Gasteiger partial charge in [-0.05, 0) is 27.2 Å². The van der Waals surface area contributed by atoms with Gasteiger partial charge in [0.05, 0.1) is 23.3 Å². The van der Waals surface area contributed by atoms with Crippen LogP contribution >= 0.6 is 11.8 Å². The lowest BCUT2D eigenvalue weighted by Gasteiger charge is -2.44. The van der Waals surface area contributed by atoms with Gasteiger partial charge in [0, 0.05) is 24.4 Å². The average Bonchev–Trinajstić information content (AvgIpc) is 3.14. The minimum absolute atomic E-state index is 0.0387. The zero-order chi connectivity index (χ0) is 20.7. The molecule has 154 valence electrons. The third-order valence-electron chi connectivity index (χ3n) is 5.61. The van der Waals surface area contributed by atoms with Gasteiger partial charge < -0.3 is 25.7 Å². The highest BCUT2D eigenvalue weighted by atomic mass is 32.2. The SMILES string of the molecule is CCN(CC)C(=O)[C@@H]1CC(SC2=C(C(=O)O)N3C(=O)[C@H]([C@@H](C)O)[C@H]3C2)C(N)=N1. The van der Waals surface area contributed by atoms with Gasteiger partial charge in [-0.2, -0.15) is 0 Å². The summed E-state index contributed by atoms with van der Waals surface area (Å²) in [6, 6.07) is -0.898. The summed E-state index contributed by atoms with van der Waals surface area (Å²) in [5, 5.41) is 19.1. The first kappa shape index (κ1) is 20.7. The molecule has 2 amide bonds. The first-order valence-electron chi connectivity index (χ1n) is 9.47. The molecule has 28 heavy (non-hydrogen) atoms. The summed E-state index contributed by atoms with van der Waals surface area (Å²) in [5.41, 5.74) is 6.01.